The van der Waals surface area contributed by atoms with E-state index in [0.29, 0.717) is 16.5 Å². The molecule has 1 amide bonds. The second-order valence-electron chi connectivity index (χ2n) is 7.37. The molecule has 156 valence electrons. The molecule has 2 N–H and O–H groups in total. The SMILES string of the molecule is Cc1cc2nc(-c3ccc(C)c(NC(=S)NC(=O)c4cccc(Cl)c4)c3)oc2cc1C. The number of fused-ring (bicyclic) bond motifs is 1. The highest BCUT2D eigenvalue weighted by atomic mass is 35.5. The molecule has 0 spiro atoms. The van der Waals surface area contributed by atoms with Crippen molar-refractivity contribution in [3.8, 4) is 11.5 Å². The van der Waals surface area contributed by atoms with Crippen LogP contribution >= 0.6 is 23.8 Å². The Kier molecular flexibility index (Phi) is 5.76. The molecule has 1 aromatic heterocycles. The van der Waals surface area contributed by atoms with E-state index in [1.165, 1.54) is 5.56 Å². The van der Waals surface area contributed by atoms with Crippen molar-refractivity contribution in [2.75, 3.05) is 5.32 Å². The zero-order chi connectivity index (χ0) is 22.1. The van der Waals surface area contributed by atoms with E-state index in [2.05, 4.69) is 22.5 Å². The number of aromatic nitrogens is 1. The number of nitrogens with one attached hydrogen (secondary N) is 2. The van der Waals surface area contributed by atoms with Crippen LogP contribution in [0.15, 0.2) is 59.0 Å². The Morgan fingerprint density at radius 3 is 2.55 bits per heavy atom. The van der Waals surface area contributed by atoms with Crippen LogP contribution in [-0.4, -0.2) is 16.0 Å². The average Bonchev–Trinajstić information content (AvgIpc) is 3.12. The van der Waals surface area contributed by atoms with E-state index < -0.39 is 0 Å². The van der Waals surface area contributed by atoms with E-state index in [-0.39, 0.29) is 11.0 Å². The predicted molar refractivity (Wildman–Crippen MR) is 129 cm³/mol. The Morgan fingerprint density at radius 1 is 1.00 bits per heavy atom. The standard InChI is InChI=1S/C24H20ClN3O2S/c1-13-7-8-17(23-26-20-9-14(2)15(3)10-21(20)30-23)12-19(13)27-24(31)28-22(29)16-5-4-6-18(25)11-16/h4-12H,1-3H3,(H2,27,28,29,31). The van der Waals surface area contributed by atoms with Gasteiger partial charge < -0.3 is 9.73 Å². The molecule has 5 nitrogen and oxygen atoms in total. The van der Waals surface area contributed by atoms with Gasteiger partial charge in [0, 0.05) is 21.8 Å². The largest absolute Gasteiger partial charge is 0.436 e. The van der Waals surface area contributed by atoms with Crippen molar-refractivity contribution in [2.24, 2.45) is 0 Å². The maximum absolute atomic E-state index is 12.4. The fourth-order valence-corrected chi connectivity index (χ4v) is 3.54. The molecule has 0 unspecified atom stereocenters. The predicted octanol–water partition coefficient (Wildman–Crippen LogP) is 6.20. The maximum Gasteiger partial charge on any atom is 0.257 e. The number of hydrogen-bond acceptors (Lipinski definition) is 4. The number of anilines is 1. The first-order valence-corrected chi connectivity index (χ1v) is 10.5. The fraction of sp³-hybridized carbons (Fsp3) is 0.125. The highest BCUT2D eigenvalue weighted by Crippen LogP contribution is 2.29. The van der Waals surface area contributed by atoms with Crippen LogP contribution in [0.25, 0.3) is 22.6 Å². The van der Waals surface area contributed by atoms with Gasteiger partial charge in [0.2, 0.25) is 5.89 Å². The lowest BCUT2D eigenvalue weighted by Crippen LogP contribution is -2.34. The molecule has 0 radical (unpaired) electrons. The van der Waals surface area contributed by atoms with Gasteiger partial charge in [-0.1, -0.05) is 23.7 Å². The number of benzene rings is 3. The van der Waals surface area contributed by atoms with Gasteiger partial charge in [-0.2, -0.15) is 0 Å². The quantitative estimate of drug-likeness (QED) is 0.364. The van der Waals surface area contributed by atoms with Crippen LogP contribution < -0.4 is 10.6 Å². The summed E-state index contributed by atoms with van der Waals surface area (Å²) in [7, 11) is 0. The zero-order valence-electron chi connectivity index (χ0n) is 17.2. The van der Waals surface area contributed by atoms with Crippen LogP contribution in [0, 0.1) is 20.8 Å². The molecule has 1 heterocycles. The zero-order valence-corrected chi connectivity index (χ0v) is 18.8. The summed E-state index contributed by atoms with van der Waals surface area (Å²) in [6.45, 7) is 6.05. The summed E-state index contributed by atoms with van der Waals surface area (Å²) >= 11 is 11.3. The molecule has 0 atom stereocenters. The van der Waals surface area contributed by atoms with Gasteiger partial charge in [0.15, 0.2) is 10.7 Å². The topological polar surface area (TPSA) is 67.2 Å². The summed E-state index contributed by atoms with van der Waals surface area (Å²) in [6, 6.07) is 16.5. The van der Waals surface area contributed by atoms with E-state index >= 15 is 0 Å². The number of amides is 1. The third-order valence-corrected chi connectivity index (χ3v) is 5.49. The summed E-state index contributed by atoms with van der Waals surface area (Å²) in [5.74, 6) is 0.190. The summed E-state index contributed by atoms with van der Waals surface area (Å²) in [5, 5.41) is 6.43. The first-order valence-electron chi connectivity index (χ1n) is 9.67. The van der Waals surface area contributed by atoms with Crippen LogP contribution in [-0.2, 0) is 0 Å². The number of hydrogen-bond donors (Lipinski definition) is 2. The van der Waals surface area contributed by atoms with Gasteiger partial charge in [-0.15, -0.1) is 0 Å². The van der Waals surface area contributed by atoms with E-state index in [1.54, 1.807) is 24.3 Å². The number of halogens is 1. The Bertz CT molecular complexity index is 1290. The number of thiocarbonyl (C=S) groups is 1. The molecule has 0 bridgehead atoms. The molecule has 3 aromatic carbocycles. The number of rotatable bonds is 3. The lowest BCUT2D eigenvalue weighted by atomic mass is 10.1. The third kappa shape index (κ3) is 4.60. The van der Waals surface area contributed by atoms with Crippen molar-refractivity contribution in [3.05, 3.63) is 81.9 Å². The molecule has 31 heavy (non-hydrogen) atoms. The van der Waals surface area contributed by atoms with Gasteiger partial charge >= 0.3 is 0 Å². The Morgan fingerprint density at radius 2 is 1.77 bits per heavy atom. The molecule has 4 rings (SSSR count). The van der Waals surface area contributed by atoms with Gasteiger partial charge in [-0.25, -0.2) is 4.98 Å². The van der Waals surface area contributed by atoms with Crippen molar-refractivity contribution < 1.29 is 9.21 Å². The minimum atomic E-state index is -0.335. The van der Waals surface area contributed by atoms with Crippen LogP contribution in [0.5, 0.6) is 0 Å². The van der Waals surface area contributed by atoms with Crippen molar-refractivity contribution in [3.63, 3.8) is 0 Å². The minimum absolute atomic E-state index is 0.189. The van der Waals surface area contributed by atoms with Crippen molar-refractivity contribution >= 4 is 51.6 Å². The van der Waals surface area contributed by atoms with Crippen LogP contribution in [0.1, 0.15) is 27.0 Å². The van der Waals surface area contributed by atoms with Gasteiger partial charge in [0.25, 0.3) is 5.91 Å². The molecule has 0 saturated heterocycles. The van der Waals surface area contributed by atoms with Crippen LogP contribution in [0.3, 0.4) is 0 Å². The number of aryl methyl sites for hydroxylation is 3. The Balaban J connectivity index is 1.55. The molecule has 0 aliphatic rings. The summed E-state index contributed by atoms with van der Waals surface area (Å²) in [6.07, 6.45) is 0. The monoisotopic (exact) mass is 449 g/mol. The Hall–Kier alpha value is -3.22. The van der Waals surface area contributed by atoms with E-state index in [4.69, 9.17) is 28.2 Å². The molecule has 0 aliphatic carbocycles. The minimum Gasteiger partial charge on any atom is -0.436 e. The van der Waals surface area contributed by atoms with Crippen LogP contribution in [0.2, 0.25) is 5.02 Å². The maximum atomic E-state index is 12.4. The second-order valence-corrected chi connectivity index (χ2v) is 8.22. The van der Waals surface area contributed by atoms with E-state index in [1.807, 2.05) is 44.2 Å². The van der Waals surface area contributed by atoms with Crippen LogP contribution in [0.4, 0.5) is 5.69 Å². The molecular formula is C24H20ClN3O2S. The lowest BCUT2D eigenvalue weighted by Gasteiger charge is -2.12. The summed E-state index contributed by atoms with van der Waals surface area (Å²) < 4.78 is 5.97. The van der Waals surface area contributed by atoms with Gasteiger partial charge in [-0.3, -0.25) is 10.1 Å². The average molecular weight is 450 g/mol. The van der Waals surface area contributed by atoms with Gasteiger partial charge in [-0.05, 0) is 92.1 Å². The fourth-order valence-electron chi connectivity index (χ4n) is 3.15. The number of oxazole rings is 1. The van der Waals surface area contributed by atoms with Crippen molar-refractivity contribution in [2.45, 2.75) is 20.8 Å². The van der Waals surface area contributed by atoms with Crippen molar-refractivity contribution in [1.29, 1.82) is 0 Å². The normalized spacial score (nSPS) is 10.8. The Labute approximate surface area is 190 Å². The number of carbonyl (C=O) groups is 1. The van der Waals surface area contributed by atoms with E-state index in [9.17, 15) is 4.79 Å². The van der Waals surface area contributed by atoms with Crippen molar-refractivity contribution in [1.82, 2.24) is 10.3 Å². The molecule has 0 fully saturated rings. The molecule has 0 saturated carbocycles. The first kappa shape index (κ1) is 21.0. The smallest absolute Gasteiger partial charge is 0.257 e. The summed E-state index contributed by atoms with van der Waals surface area (Å²) in [4.78, 5) is 17.0. The second kappa shape index (κ2) is 8.49. The molecule has 0 aliphatic heterocycles. The third-order valence-electron chi connectivity index (χ3n) is 5.05. The summed E-state index contributed by atoms with van der Waals surface area (Å²) in [5.41, 5.74) is 6.84. The number of carbonyl (C=O) groups excluding carboxylic acids is 1. The van der Waals surface area contributed by atoms with Gasteiger partial charge in [0.05, 0.1) is 0 Å². The highest BCUT2D eigenvalue weighted by Gasteiger charge is 2.13. The molecule has 7 heteroatoms. The molecule has 4 aromatic rings. The first-order chi connectivity index (χ1) is 14.8. The number of nitrogens with zero attached hydrogens (tertiary/aromatic N) is 1. The van der Waals surface area contributed by atoms with Gasteiger partial charge in [0.1, 0.15) is 5.52 Å². The molecular weight excluding hydrogens is 430 g/mol. The highest BCUT2D eigenvalue weighted by molar-refractivity contribution is 7.80. The lowest BCUT2D eigenvalue weighted by molar-refractivity contribution is 0.0977. The van der Waals surface area contributed by atoms with E-state index in [0.717, 1.165) is 33.5 Å².